The molecule has 0 saturated heterocycles. The van der Waals surface area contributed by atoms with Gasteiger partial charge in [0.1, 0.15) is 11.3 Å². The summed E-state index contributed by atoms with van der Waals surface area (Å²) in [6, 6.07) is 9.41. The average Bonchev–Trinajstić information content (AvgIpc) is 2.88. The summed E-state index contributed by atoms with van der Waals surface area (Å²) >= 11 is 0. The van der Waals surface area contributed by atoms with E-state index in [1.54, 1.807) is 6.92 Å². The summed E-state index contributed by atoms with van der Waals surface area (Å²) in [7, 11) is 0. The zero-order valence-electron chi connectivity index (χ0n) is 12.3. The van der Waals surface area contributed by atoms with E-state index in [2.05, 4.69) is 10.5 Å². The van der Waals surface area contributed by atoms with Crippen LogP contribution in [0.5, 0.6) is 0 Å². The fourth-order valence-corrected chi connectivity index (χ4v) is 2.27. The van der Waals surface area contributed by atoms with Gasteiger partial charge in [-0.1, -0.05) is 42.4 Å². The molecular formula is C16H20N2O3. The van der Waals surface area contributed by atoms with Gasteiger partial charge < -0.3 is 14.9 Å². The molecule has 0 bridgehead atoms. The van der Waals surface area contributed by atoms with E-state index in [0.29, 0.717) is 29.9 Å². The van der Waals surface area contributed by atoms with Crippen molar-refractivity contribution < 1.29 is 14.4 Å². The van der Waals surface area contributed by atoms with E-state index in [4.69, 9.17) is 4.52 Å². The molecule has 2 rings (SSSR count). The predicted octanol–water partition coefficient (Wildman–Crippen LogP) is 1.88. The van der Waals surface area contributed by atoms with Gasteiger partial charge in [0.2, 0.25) is 0 Å². The lowest BCUT2D eigenvalue weighted by Gasteiger charge is -2.16. The second-order valence-electron chi connectivity index (χ2n) is 4.96. The van der Waals surface area contributed by atoms with Crippen LogP contribution in [0.3, 0.4) is 0 Å². The molecule has 0 spiro atoms. The fourth-order valence-electron chi connectivity index (χ4n) is 2.27. The molecule has 0 fully saturated rings. The number of hydrogen-bond acceptors (Lipinski definition) is 4. The largest absolute Gasteiger partial charge is 0.394 e. The van der Waals surface area contributed by atoms with Gasteiger partial charge in [-0.25, -0.2) is 0 Å². The molecule has 0 aliphatic carbocycles. The number of carbonyl (C=O) groups is 1. The molecule has 1 amide bonds. The average molecular weight is 288 g/mol. The van der Waals surface area contributed by atoms with Gasteiger partial charge in [0.15, 0.2) is 0 Å². The molecular weight excluding hydrogens is 268 g/mol. The minimum Gasteiger partial charge on any atom is -0.394 e. The van der Waals surface area contributed by atoms with Gasteiger partial charge in [-0.3, -0.25) is 4.79 Å². The first-order valence-corrected chi connectivity index (χ1v) is 7.06. The minimum absolute atomic E-state index is 0.119. The number of amides is 1. The van der Waals surface area contributed by atoms with Gasteiger partial charge in [-0.05, 0) is 25.3 Å². The van der Waals surface area contributed by atoms with Crippen molar-refractivity contribution in [3.05, 3.63) is 52.9 Å². The Morgan fingerprint density at radius 3 is 2.71 bits per heavy atom. The maximum atomic E-state index is 12.3. The zero-order valence-corrected chi connectivity index (χ0v) is 12.3. The van der Waals surface area contributed by atoms with E-state index in [1.807, 2.05) is 37.3 Å². The third-order valence-electron chi connectivity index (χ3n) is 3.38. The Hall–Kier alpha value is -2.14. The summed E-state index contributed by atoms with van der Waals surface area (Å²) in [5.41, 5.74) is 2.18. The Kier molecular flexibility index (Phi) is 5.11. The van der Waals surface area contributed by atoms with Crippen LogP contribution in [-0.2, 0) is 12.8 Å². The number of aromatic nitrogens is 1. The van der Waals surface area contributed by atoms with E-state index in [-0.39, 0.29) is 18.6 Å². The highest BCUT2D eigenvalue weighted by Crippen LogP contribution is 2.14. The Morgan fingerprint density at radius 1 is 1.38 bits per heavy atom. The van der Waals surface area contributed by atoms with Gasteiger partial charge in [0.05, 0.1) is 18.3 Å². The molecule has 2 aromatic rings. The Bertz CT molecular complexity index is 593. The molecule has 0 aliphatic heterocycles. The highest BCUT2D eigenvalue weighted by Gasteiger charge is 2.21. The third-order valence-corrected chi connectivity index (χ3v) is 3.38. The molecule has 5 nitrogen and oxygen atoms in total. The number of aryl methyl sites for hydroxylation is 2. The number of hydrogen-bond donors (Lipinski definition) is 2. The van der Waals surface area contributed by atoms with Crippen LogP contribution < -0.4 is 5.32 Å². The summed E-state index contributed by atoms with van der Waals surface area (Å²) in [5.74, 6) is 0.251. The molecule has 0 unspecified atom stereocenters. The zero-order chi connectivity index (χ0) is 15.2. The number of benzene rings is 1. The van der Waals surface area contributed by atoms with Crippen LogP contribution in [0.25, 0.3) is 0 Å². The van der Waals surface area contributed by atoms with Crippen LogP contribution in [-0.4, -0.2) is 28.8 Å². The van der Waals surface area contributed by atoms with E-state index in [1.165, 1.54) is 0 Å². The van der Waals surface area contributed by atoms with Gasteiger partial charge in [-0.2, -0.15) is 0 Å². The van der Waals surface area contributed by atoms with Crippen LogP contribution in [0, 0.1) is 6.92 Å². The number of rotatable bonds is 6. The molecule has 1 atom stereocenters. The van der Waals surface area contributed by atoms with Crippen molar-refractivity contribution in [3.63, 3.8) is 0 Å². The molecule has 1 heterocycles. The first kappa shape index (κ1) is 15.3. The molecule has 21 heavy (non-hydrogen) atoms. The molecule has 1 aromatic carbocycles. The maximum absolute atomic E-state index is 12.3. The highest BCUT2D eigenvalue weighted by atomic mass is 16.5. The van der Waals surface area contributed by atoms with Crippen molar-refractivity contribution in [3.8, 4) is 0 Å². The van der Waals surface area contributed by atoms with Crippen LogP contribution >= 0.6 is 0 Å². The normalized spacial score (nSPS) is 12.1. The first-order valence-electron chi connectivity index (χ1n) is 7.06. The molecule has 2 N–H and O–H groups in total. The number of nitrogens with one attached hydrogen (secondary N) is 1. The second-order valence-corrected chi connectivity index (χ2v) is 4.96. The third kappa shape index (κ3) is 3.70. The predicted molar refractivity (Wildman–Crippen MR) is 79.1 cm³/mol. The van der Waals surface area contributed by atoms with Crippen molar-refractivity contribution >= 4 is 5.91 Å². The standard InChI is InChI=1S/C16H20N2O3/c1-3-14-15(11(2)21-18-14)16(20)17-13(10-19)9-12-7-5-4-6-8-12/h4-8,13,19H,3,9-10H2,1-2H3,(H,17,20)/t13-/m1/s1. The second kappa shape index (κ2) is 7.04. The summed E-state index contributed by atoms with van der Waals surface area (Å²) < 4.78 is 5.07. The molecule has 1 aromatic heterocycles. The quantitative estimate of drug-likeness (QED) is 0.851. The van der Waals surface area contributed by atoms with E-state index in [0.717, 1.165) is 5.56 Å². The van der Waals surface area contributed by atoms with Crippen LogP contribution in [0.2, 0.25) is 0 Å². The van der Waals surface area contributed by atoms with E-state index < -0.39 is 0 Å². The number of carbonyl (C=O) groups excluding carboxylic acids is 1. The summed E-state index contributed by atoms with van der Waals surface area (Å²) in [5, 5.41) is 16.2. The lowest BCUT2D eigenvalue weighted by Crippen LogP contribution is -2.39. The Morgan fingerprint density at radius 2 is 2.10 bits per heavy atom. The first-order chi connectivity index (χ1) is 10.2. The Balaban J connectivity index is 2.08. The van der Waals surface area contributed by atoms with Crippen molar-refractivity contribution in [2.75, 3.05) is 6.61 Å². The summed E-state index contributed by atoms with van der Waals surface area (Å²) in [6.45, 7) is 3.51. The summed E-state index contributed by atoms with van der Waals surface area (Å²) in [4.78, 5) is 12.3. The maximum Gasteiger partial charge on any atom is 0.257 e. The monoisotopic (exact) mass is 288 g/mol. The molecule has 112 valence electrons. The smallest absolute Gasteiger partial charge is 0.257 e. The van der Waals surface area contributed by atoms with Gasteiger partial charge >= 0.3 is 0 Å². The van der Waals surface area contributed by atoms with Crippen molar-refractivity contribution in [1.29, 1.82) is 0 Å². The minimum atomic E-state index is -0.334. The van der Waals surface area contributed by atoms with Gasteiger partial charge in [-0.15, -0.1) is 0 Å². The van der Waals surface area contributed by atoms with Gasteiger partial charge in [0, 0.05) is 0 Å². The number of aliphatic hydroxyl groups excluding tert-OH is 1. The van der Waals surface area contributed by atoms with Gasteiger partial charge in [0.25, 0.3) is 5.91 Å². The van der Waals surface area contributed by atoms with E-state index in [9.17, 15) is 9.90 Å². The fraction of sp³-hybridized carbons (Fsp3) is 0.375. The van der Waals surface area contributed by atoms with Crippen molar-refractivity contribution in [2.24, 2.45) is 0 Å². The lowest BCUT2D eigenvalue weighted by molar-refractivity contribution is 0.0914. The molecule has 0 aliphatic rings. The summed E-state index contributed by atoms with van der Waals surface area (Å²) in [6.07, 6.45) is 1.21. The van der Waals surface area contributed by atoms with Crippen LogP contribution in [0.4, 0.5) is 0 Å². The number of nitrogens with zero attached hydrogens (tertiary/aromatic N) is 1. The van der Waals surface area contributed by atoms with Crippen LogP contribution in [0.1, 0.15) is 34.3 Å². The molecule has 0 saturated carbocycles. The topological polar surface area (TPSA) is 75.4 Å². The van der Waals surface area contributed by atoms with Crippen molar-refractivity contribution in [1.82, 2.24) is 10.5 Å². The van der Waals surface area contributed by atoms with E-state index >= 15 is 0 Å². The molecule has 0 radical (unpaired) electrons. The Labute approximate surface area is 124 Å². The SMILES string of the molecule is CCc1noc(C)c1C(=O)N[C@@H](CO)Cc1ccccc1. The van der Waals surface area contributed by atoms with Crippen molar-refractivity contribution in [2.45, 2.75) is 32.7 Å². The molecule has 5 heteroatoms. The van der Waals surface area contributed by atoms with Crippen LogP contribution in [0.15, 0.2) is 34.9 Å². The highest BCUT2D eigenvalue weighted by molar-refractivity contribution is 5.96. The lowest BCUT2D eigenvalue weighted by atomic mass is 10.1. The number of aliphatic hydroxyl groups is 1.